The number of phenolic OH excluding ortho intramolecular Hbond substituents is 1. The summed E-state index contributed by atoms with van der Waals surface area (Å²) in [5, 5.41) is 9.32. The summed E-state index contributed by atoms with van der Waals surface area (Å²) in [6, 6.07) is 4.24. The van der Waals surface area contributed by atoms with E-state index >= 15 is 0 Å². The van der Waals surface area contributed by atoms with E-state index in [2.05, 4.69) is 0 Å². The van der Waals surface area contributed by atoms with E-state index in [1.807, 2.05) is 13.8 Å². The Hall–Kier alpha value is -1.22. The molecule has 15 heavy (non-hydrogen) atoms. The maximum atomic E-state index is 11.5. The van der Waals surface area contributed by atoms with Crippen molar-refractivity contribution >= 4 is 17.6 Å². The first kappa shape index (κ1) is 11.9. The van der Waals surface area contributed by atoms with Crippen molar-refractivity contribution in [3.05, 3.63) is 28.8 Å². The van der Waals surface area contributed by atoms with Crippen molar-refractivity contribution in [3.8, 4) is 5.75 Å². The van der Waals surface area contributed by atoms with Gasteiger partial charge in [-0.15, -0.1) is 0 Å². The molecule has 0 aliphatic rings. The zero-order valence-corrected chi connectivity index (χ0v) is 9.41. The Morgan fingerprint density at radius 2 is 2.27 bits per heavy atom. The lowest BCUT2D eigenvalue weighted by molar-refractivity contribution is 0.0334. The molecule has 1 rings (SSSR count). The normalized spacial score (nSPS) is 12.2. The monoisotopic (exact) mass is 228 g/mol. The van der Waals surface area contributed by atoms with Gasteiger partial charge in [-0.2, -0.15) is 0 Å². The number of aromatic hydroxyl groups is 1. The summed E-state index contributed by atoms with van der Waals surface area (Å²) < 4.78 is 5.10. The van der Waals surface area contributed by atoms with Gasteiger partial charge in [0.15, 0.2) is 0 Å². The maximum absolute atomic E-state index is 11.5. The minimum atomic E-state index is -0.425. The minimum absolute atomic E-state index is 0.0447. The molecule has 1 aromatic rings. The van der Waals surface area contributed by atoms with E-state index in [0.717, 1.165) is 6.42 Å². The average molecular weight is 229 g/mol. The summed E-state index contributed by atoms with van der Waals surface area (Å²) in [6.45, 7) is 3.75. The zero-order valence-electron chi connectivity index (χ0n) is 8.66. The topological polar surface area (TPSA) is 46.5 Å². The van der Waals surface area contributed by atoms with E-state index in [4.69, 9.17) is 21.4 Å². The van der Waals surface area contributed by atoms with E-state index in [1.54, 1.807) is 0 Å². The lowest BCUT2D eigenvalue weighted by Crippen LogP contribution is -2.13. The number of carbonyl (C=O) groups is 1. The van der Waals surface area contributed by atoms with E-state index in [0.29, 0.717) is 5.56 Å². The van der Waals surface area contributed by atoms with Gasteiger partial charge < -0.3 is 9.84 Å². The molecule has 0 bridgehead atoms. The largest absolute Gasteiger partial charge is 0.506 e. The molecule has 3 nitrogen and oxygen atoms in total. The van der Waals surface area contributed by atoms with Crippen molar-refractivity contribution in [2.24, 2.45) is 0 Å². The molecule has 0 radical (unpaired) electrons. The lowest BCUT2D eigenvalue weighted by atomic mass is 10.2. The third-order valence-electron chi connectivity index (χ3n) is 2.07. The van der Waals surface area contributed by atoms with Crippen LogP contribution in [0.15, 0.2) is 18.2 Å². The number of ether oxygens (including phenoxy) is 1. The molecular formula is C11H13ClO3. The second kappa shape index (κ2) is 5.03. The van der Waals surface area contributed by atoms with Crippen LogP contribution >= 0.6 is 11.6 Å². The van der Waals surface area contributed by atoms with Gasteiger partial charge in [0.05, 0.1) is 16.7 Å². The Morgan fingerprint density at radius 3 is 2.80 bits per heavy atom. The second-order valence-electron chi connectivity index (χ2n) is 3.29. The van der Waals surface area contributed by atoms with Crippen LogP contribution in [-0.2, 0) is 4.74 Å². The second-order valence-corrected chi connectivity index (χ2v) is 3.70. The third-order valence-corrected chi connectivity index (χ3v) is 2.37. The number of phenols is 1. The fourth-order valence-corrected chi connectivity index (χ4v) is 1.15. The van der Waals surface area contributed by atoms with Gasteiger partial charge in [-0.05, 0) is 31.5 Å². The van der Waals surface area contributed by atoms with Gasteiger partial charge in [0.1, 0.15) is 5.75 Å². The first-order valence-electron chi connectivity index (χ1n) is 4.74. The number of halogens is 1. The standard InChI is InChI=1S/C11H13ClO3/c1-3-7(2)15-11(14)8-4-5-10(13)9(12)6-8/h4-7,13H,3H2,1-2H3. The van der Waals surface area contributed by atoms with Crippen molar-refractivity contribution in [2.45, 2.75) is 26.4 Å². The van der Waals surface area contributed by atoms with Gasteiger partial charge >= 0.3 is 5.97 Å². The van der Waals surface area contributed by atoms with Crippen LogP contribution < -0.4 is 0 Å². The van der Waals surface area contributed by atoms with Gasteiger partial charge in [-0.25, -0.2) is 4.79 Å². The van der Waals surface area contributed by atoms with Crippen LogP contribution in [0.3, 0.4) is 0 Å². The SMILES string of the molecule is CCC(C)OC(=O)c1ccc(O)c(Cl)c1. The van der Waals surface area contributed by atoms with Crippen LogP contribution in [0.2, 0.25) is 5.02 Å². The Bertz CT molecular complexity index is 363. The van der Waals surface area contributed by atoms with Crippen LogP contribution in [0.4, 0.5) is 0 Å². The Morgan fingerprint density at radius 1 is 1.60 bits per heavy atom. The van der Waals surface area contributed by atoms with Crippen molar-refractivity contribution in [1.29, 1.82) is 0 Å². The Kier molecular flexibility index (Phi) is 3.97. The van der Waals surface area contributed by atoms with Crippen LogP contribution in [0, 0.1) is 0 Å². The number of esters is 1. The summed E-state index contributed by atoms with van der Waals surface area (Å²) in [7, 11) is 0. The summed E-state index contributed by atoms with van der Waals surface area (Å²) in [6.07, 6.45) is 0.641. The van der Waals surface area contributed by atoms with Gasteiger partial charge in [-0.1, -0.05) is 18.5 Å². The van der Waals surface area contributed by atoms with Gasteiger partial charge in [-0.3, -0.25) is 0 Å². The zero-order chi connectivity index (χ0) is 11.4. The minimum Gasteiger partial charge on any atom is -0.506 e. The molecule has 0 saturated heterocycles. The smallest absolute Gasteiger partial charge is 0.338 e. The van der Waals surface area contributed by atoms with Crippen molar-refractivity contribution in [1.82, 2.24) is 0 Å². The Labute approximate surface area is 93.6 Å². The molecule has 0 amide bonds. The molecule has 0 saturated carbocycles. The highest BCUT2D eigenvalue weighted by Crippen LogP contribution is 2.24. The number of hydrogen-bond acceptors (Lipinski definition) is 3. The van der Waals surface area contributed by atoms with Crippen LogP contribution in [0.25, 0.3) is 0 Å². The first-order chi connectivity index (χ1) is 7.04. The molecule has 0 fully saturated rings. The highest BCUT2D eigenvalue weighted by Gasteiger charge is 2.12. The molecule has 0 aliphatic heterocycles. The summed E-state index contributed by atoms with van der Waals surface area (Å²) >= 11 is 5.67. The van der Waals surface area contributed by atoms with Gasteiger partial charge in [0, 0.05) is 0 Å². The van der Waals surface area contributed by atoms with Crippen LogP contribution in [0.5, 0.6) is 5.75 Å². The molecule has 1 unspecified atom stereocenters. The molecule has 4 heteroatoms. The predicted octanol–water partition coefficient (Wildman–Crippen LogP) is 3.00. The lowest BCUT2D eigenvalue weighted by Gasteiger charge is -2.10. The Balaban J connectivity index is 2.78. The highest BCUT2D eigenvalue weighted by molar-refractivity contribution is 6.32. The van der Waals surface area contributed by atoms with E-state index in [-0.39, 0.29) is 16.9 Å². The molecule has 1 aromatic carbocycles. The molecular weight excluding hydrogens is 216 g/mol. The van der Waals surface area contributed by atoms with Crippen molar-refractivity contribution in [2.75, 3.05) is 0 Å². The summed E-state index contributed by atoms with van der Waals surface area (Å²) in [5.74, 6) is -0.469. The number of rotatable bonds is 3. The fraction of sp³-hybridized carbons (Fsp3) is 0.364. The average Bonchev–Trinajstić information content (AvgIpc) is 2.21. The molecule has 0 aliphatic carbocycles. The molecule has 0 heterocycles. The number of carbonyl (C=O) groups excluding carboxylic acids is 1. The van der Waals surface area contributed by atoms with Crippen LogP contribution in [0.1, 0.15) is 30.6 Å². The number of hydrogen-bond donors (Lipinski definition) is 1. The molecule has 1 atom stereocenters. The van der Waals surface area contributed by atoms with Gasteiger partial charge in [0.25, 0.3) is 0 Å². The fourth-order valence-electron chi connectivity index (χ4n) is 0.968. The third kappa shape index (κ3) is 3.13. The van der Waals surface area contributed by atoms with E-state index < -0.39 is 5.97 Å². The molecule has 0 aromatic heterocycles. The van der Waals surface area contributed by atoms with Gasteiger partial charge in [0.2, 0.25) is 0 Å². The molecule has 1 N–H and O–H groups in total. The van der Waals surface area contributed by atoms with Crippen molar-refractivity contribution in [3.63, 3.8) is 0 Å². The van der Waals surface area contributed by atoms with E-state index in [1.165, 1.54) is 18.2 Å². The van der Waals surface area contributed by atoms with Crippen LogP contribution in [-0.4, -0.2) is 17.2 Å². The first-order valence-corrected chi connectivity index (χ1v) is 5.12. The number of benzene rings is 1. The van der Waals surface area contributed by atoms with Crippen molar-refractivity contribution < 1.29 is 14.6 Å². The molecule has 0 spiro atoms. The highest BCUT2D eigenvalue weighted by atomic mass is 35.5. The summed E-state index contributed by atoms with van der Waals surface area (Å²) in [5.41, 5.74) is 0.345. The maximum Gasteiger partial charge on any atom is 0.338 e. The predicted molar refractivity (Wildman–Crippen MR) is 58.3 cm³/mol. The molecule has 82 valence electrons. The quantitative estimate of drug-likeness (QED) is 0.809. The van der Waals surface area contributed by atoms with E-state index in [9.17, 15) is 4.79 Å². The summed E-state index contributed by atoms with van der Waals surface area (Å²) in [4.78, 5) is 11.5.